The van der Waals surface area contributed by atoms with Gasteiger partial charge in [-0.3, -0.25) is 14.4 Å². The molecule has 37 heavy (non-hydrogen) atoms. The van der Waals surface area contributed by atoms with Crippen LogP contribution in [0.3, 0.4) is 0 Å². The minimum Gasteiger partial charge on any atom is -0.458 e. The lowest BCUT2D eigenvalue weighted by Gasteiger charge is -2.63. The van der Waals surface area contributed by atoms with Crippen LogP contribution < -0.4 is 0 Å². The zero-order chi connectivity index (χ0) is 26.0. The molecule has 0 radical (unpaired) electrons. The summed E-state index contributed by atoms with van der Waals surface area (Å²) >= 11 is 0. The molecule has 0 aromatic rings. The van der Waals surface area contributed by atoms with Gasteiger partial charge < -0.3 is 24.1 Å². The van der Waals surface area contributed by atoms with E-state index >= 15 is 0 Å². The first-order valence-electron chi connectivity index (χ1n) is 13.4. The number of hydrogen-bond donors (Lipinski definition) is 1. The van der Waals surface area contributed by atoms with Gasteiger partial charge in [0.25, 0.3) is 0 Å². The van der Waals surface area contributed by atoms with Crippen molar-refractivity contribution >= 4 is 23.5 Å². The van der Waals surface area contributed by atoms with E-state index in [-0.39, 0.29) is 31.0 Å². The summed E-state index contributed by atoms with van der Waals surface area (Å²) < 4.78 is 25.1. The molecular weight excluding hydrogens is 480 g/mol. The molecule has 5 aliphatic heterocycles. The molecule has 196 valence electrons. The highest BCUT2D eigenvalue weighted by Gasteiger charge is 2.93. The van der Waals surface area contributed by atoms with E-state index in [4.69, 9.17) is 18.9 Å². The number of ether oxygens (including phenoxy) is 4. The fourth-order valence-electron chi connectivity index (χ4n) is 9.98. The maximum Gasteiger partial charge on any atom is 0.342 e. The fraction of sp³-hybridized carbons (Fsp3) is 0.714. The SMILES string of the molecule is C[C@]12C(=O)CC=CC1=CC[C@@H]1[C@@H]2CC[C@]2(O)C(=O)O[C@@]3(C)[C@H]4C[C@]5(C)[C@H](CO[C@]16O[C@@]32[C@H]5C6=O)C(=O)O4. The monoisotopic (exact) mass is 510 g/mol. The molecule has 5 bridgehead atoms. The van der Waals surface area contributed by atoms with Crippen LogP contribution in [0.5, 0.6) is 0 Å². The molecule has 8 rings (SSSR count). The Kier molecular flexibility index (Phi) is 3.73. The van der Waals surface area contributed by atoms with Crippen molar-refractivity contribution in [1.29, 1.82) is 0 Å². The zero-order valence-electron chi connectivity index (χ0n) is 21.1. The predicted molar refractivity (Wildman–Crippen MR) is 122 cm³/mol. The van der Waals surface area contributed by atoms with E-state index in [0.29, 0.717) is 19.3 Å². The first-order chi connectivity index (χ1) is 17.4. The second kappa shape index (κ2) is 6.10. The van der Waals surface area contributed by atoms with Crippen molar-refractivity contribution in [3.8, 4) is 0 Å². The molecule has 3 aliphatic carbocycles. The van der Waals surface area contributed by atoms with Crippen molar-refractivity contribution in [3.05, 3.63) is 23.8 Å². The minimum absolute atomic E-state index is 0.0254. The van der Waals surface area contributed by atoms with Crippen molar-refractivity contribution in [1.82, 2.24) is 0 Å². The molecule has 0 unspecified atom stereocenters. The van der Waals surface area contributed by atoms with Gasteiger partial charge in [-0.1, -0.05) is 25.2 Å². The molecule has 6 fully saturated rings. The van der Waals surface area contributed by atoms with Crippen LogP contribution in [-0.2, 0) is 38.1 Å². The van der Waals surface area contributed by atoms with Crippen LogP contribution in [0.25, 0.3) is 0 Å². The number of aliphatic hydroxyl groups is 1. The molecule has 2 spiro atoms. The standard InChI is InChI=1S/C28H30O9/c1-23-11-18-25(3)28-19(23)20(30)27(37-28,34-12-16(23)21(31)35-18)15-8-7-13-5-4-6-17(29)24(13,2)14(15)9-10-26(28,33)22(32)36-25/h4-5,7,14-16,18-19,33H,6,8-12H2,1-3H3/t14-,15+,16+,18+,19-,23+,24-,25-,26-,27-,28-/m0/s1. The molecular formula is C28H30O9. The Hall–Kier alpha value is -2.36. The third-order valence-corrected chi connectivity index (χ3v) is 11.9. The lowest BCUT2D eigenvalue weighted by Crippen LogP contribution is -2.79. The first kappa shape index (κ1) is 22.6. The number of Topliss-reactive ketones (excluding diaryl/α,β-unsaturated/α-hetero) is 2. The highest BCUT2D eigenvalue weighted by Crippen LogP contribution is 2.75. The van der Waals surface area contributed by atoms with E-state index in [1.807, 2.05) is 32.1 Å². The topological polar surface area (TPSA) is 125 Å². The lowest BCUT2D eigenvalue weighted by atomic mass is 9.46. The van der Waals surface area contributed by atoms with E-state index in [0.717, 1.165) is 5.57 Å². The number of carbonyl (C=O) groups excluding carboxylic acids is 4. The largest absolute Gasteiger partial charge is 0.458 e. The van der Waals surface area contributed by atoms with Gasteiger partial charge in [0.2, 0.25) is 5.79 Å². The Bertz CT molecular complexity index is 1300. The molecule has 1 saturated carbocycles. The quantitative estimate of drug-likeness (QED) is 0.483. The Morgan fingerprint density at radius 2 is 1.86 bits per heavy atom. The van der Waals surface area contributed by atoms with Crippen molar-refractivity contribution in [2.24, 2.45) is 34.5 Å². The highest BCUT2D eigenvalue weighted by atomic mass is 16.8. The smallest absolute Gasteiger partial charge is 0.342 e. The third-order valence-electron chi connectivity index (χ3n) is 11.9. The van der Waals surface area contributed by atoms with Crippen molar-refractivity contribution < 1.29 is 43.2 Å². The molecule has 0 amide bonds. The van der Waals surface area contributed by atoms with Gasteiger partial charge >= 0.3 is 11.9 Å². The highest BCUT2D eigenvalue weighted by molar-refractivity contribution is 5.99. The van der Waals surface area contributed by atoms with Gasteiger partial charge in [0.15, 0.2) is 22.6 Å². The number of esters is 2. The maximum absolute atomic E-state index is 14.8. The van der Waals surface area contributed by atoms with Crippen LogP contribution in [0.4, 0.5) is 0 Å². The fourth-order valence-corrected chi connectivity index (χ4v) is 9.98. The van der Waals surface area contributed by atoms with E-state index in [1.54, 1.807) is 6.92 Å². The van der Waals surface area contributed by atoms with E-state index in [2.05, 4.69) is 0 Å². The number of allylic oxidation sites excluding steroid dienone is 4. The zero-order valence-corrected chi connectivity index (χ0v) is 21.1. The summed E-state index contributed by atoms with van der Waals surface area (Å²) in [5.41, 5.74) is -6.52. The maximum atomic E-state index is 14.8. The number of rotatable bonds is 0. The summed E-state index contributed by atoms with van der Waals surface area (Å²) in [4.78, 5) is 55.3. The predicted octanol–water partition coefficient (Wildman–Crippen LogP) is 1.56. The van der Waals surface area contributed by atoms with E-state index in [1.165, 1.54) is 0 Å². The number of hydrogen-bond acceptors (Lipinski definition) is 9. The van der Waals surface area contributed by atoms with Gasteiger partial charge in [0, 0.05) is 12.3 Å². The Morgan fingerprint density at radius 3 is 2.65 bits per heavy atom. The molecule has 8 aliphatic rings. The lowest BCUT2D eigenvalue weighted by molar-refractivity contribution is -0.373. The Balaban J connectivity index is 1.44. The molecule has 0 aromatic carbocycles. The van der Waals surface area contributed by atoms with Crippen molar-refractivity contribution in [2.45, 2.75) is 81.6 Å². The van der Waals surface area contributed by atoms with Crippen LogP contribution in [-0.4, -0.2) is 63.9 Å². The summed E-state index contributed by atoms with van der Waals surface area (Å²) in [6, 6.07) is 0. The van der Waals surface area contributed by atoms with Gasteiger partial charge in [-0.25, -0.2) is 4.79 Å². The minimum atomic E-state index is -2.17. The number of fused-ring (bicyclic) bond motifs is 5. The van der Waals surface area contributed by atoms with Crippen LogP contribution >= 0.6 is 0 Å². The van der Waals surface area contributed by atoms with Gasteiger partial charge in [-0.2, -0.15) is 0 Å². The molecule has 11 atom stereocenters. The number of carbonyl (C=O) groups is 4. The van der Waals surface area contributed by atoms with Crippen LogP contribution in [0.1, 0.15) is 52.9 Å². The van der Waals surface area contributed by atoms with E-state index in [9.17, 15) is 24.3 Å². The van der Waals surface area contributed by atoms with Gasteiger partial charge in [0.05, 0.1) is 23.9 Å². The average molecular weight is 511 g/mol. The average Bonchev–Trinajstić information content (AvgIpc) is 3.16. The summed E-state index contributed by atoms with van der Waals surface area (Å²) in [5, 5.41) is 12.4. The second-order valence-electron chi connectivity index (χ2n) is 13.0. The summed E-state index contributed by atoms with van der Waals surface area (Å²) in [7, 11) is 0. The van der Waals surface area contributed by atoms with Gasteiger partial charge in [-0.05, 0) is 56.4 Å². The third kappa shape index (κ3) is 1.97. The molecule has 5 heterocycles. The van der Waals surface area contributed by atoms with Crippen LogP contribution in [0.15, 0.2) is 23.8 Å². The molecule has 9 heteroatoms. The van der Waals surface area contributed by atoms with Crippen molar-refractivity contribution in [2.75, 3.05) is 6.61 Å². The molecule has 9 nitrogen and oxygen atoms in total. The Labute approximate surface area is 213 Å². The Morgan fingerprint density at radius 1 is 1.08 bits per heavy atom. The summed E-state index contributed by atoms with van der Waals surface area (Å²) in [6.07, 6.45) is 6.20. The summed E-state index contributed by atoms with van der Waals surface area (Å²) in [6.45, 7) is 5.29. The van der Waals surface area contributed by atoms with Crippen LogP contribution in [0, 0.1) is 34.5 Å². The summed E-state index contributed by atoms with van der Waals surface area (Å²) in [5.74, 6) is -6.26. The van der Waals surface area contributed by atoms with E-state index < -0.39 is 75.1 Å². The van der Waals surface area contributed by atoms with Crippen LogP contribution in [0.2, 0.25) is 0 Å². The first-order valence-corrected chi connectivity index (χ1v) is 13.4. The number of ketones is 2. The molecule has 5 saturated heterocycles. The molecule has 1 N–H and O–H groups in total. The normalized spacial score (nSPS) is 58.5. The second-order valence-corrected chi connectivity index (χ2v) is 13.0. The van der Waals surface area contributed by atoms with Gasteiger partial charge in [-0.15, -0.1) is 0 Å². The van der Waals surface area contributed by atoms with Crippen molar-refractivity contribution in [3.63, 3.8) is 0 Å². The van der Waals surface area contributed by atoms with Gasteiger partial charge in [0.1, 0.15) is 11.9 Å². The molecule has 0 aromatic heterocycles.